The summed E-state index contributed by atoms with van der Waals surface area (Å²) in [5, 5.41) is 24.6. The molecule has 3 aliphatic heterocycles. The van der Waals surface area contributed by atoms with Gasteiger partial charge in [0.1, 0.15) is 31.3 Å². The average molecular weight is 1080 g/mol. The van der Waals surface area contributed by atoms with Crippen LogP contribution in [0.1, 0.15) is 104 Å². The maximum absolute atomic E-state index is 15.5. The first kappa shape index (κ1) is 56.0. The van der Waals surface area contributed by atoms with Gasteiger partial charge in [-0.1, -0.05) is 43.7 Å². The Morgan fingerprint density at radius 3 is 2.32 bits per heavy atom. The molecule has 4 aromatic rings. The highest BCUT2D eigenvalue weighted by molar-refractivity contribution is 6.12. The molecule has 5 heterocycles. The number of ether oxygens (including phenoxy) is 2. The van der Waals surface area contributed by atoms with E-state index in [0.29, 0.717) is 77.5 Å². The Morgan fingerprint density at radius 2 is 1.59 bits per heavy atom. The SMILES string of the molecule is CC[C@@]1(O)C(=O)OCc2c1cc1n(c2=O)Cc2c-1nc1cc(F)c(C)c3c1c2[C@@H](N(C)C(=O)[C@@H](C)OCNC(=O)CNC(=O)[C@H](CCc1ccccc1)NC(=O)CNC(=O)CNC(=O)CCCCCN1C(=O)C=CC1=O)CC3. The Kier molecular flexibility index (Phi) is 17.2. The van der Waals surface area contributed by atoms with Crippen molar-refractivity contribution < 1.29 is 62.1 Å². The summed E-state index contributed by atoms with van der Waals surface area (Å²) in [6.45, 7) is 2.93. The highest BCUT2D eigenvalue weighted by Crippen LogP contribution is 2.47. The lowest BCUT2D eigenvalue weighted by Crippen LogP contribution is -2.51. The number of hydrogen-bond donors (Lipinski definition) is 6. The molecule has 8 amide bonds. The fraction of sp³-hybridized carbons (Fsp3) is 0.436. The number of nitrogens with one attached hydrogen (secondary N) is 5. The number of pyridine rings is 2. The number of imide groups is 1. The van der Waals surface area contributed by atoms with Gasteiger partial charge >= 0.3 is 5.97 Å². The predicted octanol–water partition coefficient (Wildman–Crippen LogP) is 1.40. The third-order valence-corrected chi connectivity index (χ3v) is 14.8. The number of carbonyl (C=O) groups is 9. The number of cyclic esters (lactones) is 1. The minimum atomic E-state index is -2.06. The zero-order valence-electron chi connectivity index (χ0n) is 43.8. The van der Waals surface area contributed by atoms with Gasteiger partial charge in [-0.05, 0) is 87.1 Å². The topological polar surface area (TPSA) is 294 Å². The number of esters is 1. The summed E-state index contributed by atoms with van der Waals surface area (Å²) in [6.07, 6.45) is 4.23. The molecular formula is C55H62FN9O13. The van der Waals surface area contributed by atoms with Gasteiger partial charge in [0.25, 0.3) is 23.3 Å². The Labute approximate surface area is 447 Å². The van der Waals surface area contributed by atoms with Crippen molar-refractivity contribution in [3.8, 4) is 11.4 Å². The third-order valence-electron chi connectivity index (χ3n) is 14.8. The van der Waals surface area contributed by atoms with Crippen LogP contribution >= 0.6 is 0 Å². The number of amides is 8. The number of unbranched alkanes of at least 4 members (excludes halogenated alkanes) is 2. The number of aryl methyl sites for hydroxylation is 2. The Morgan fingerprint density at radius 1 is 0.897 bits per heavy atom. The number of rotatable bonds is 23. The number of aromatic nitrogens is 2. The number of halogens is 1. The summed E-state index contributed by atoms with van der Waals surface area (Å²) in [5.41, 5.74) is 2.13. The van der Waals surface area contributed by atoms with Crippen LogP contribution < -0.4 is 32.1 Å². The zero-order chi connectivity index (χ0) is 56.0. The molecule has 0 radical (unpaired) electrons. The molecule has 2 aromatic carbocycles. The molecule has 1 aliphatic carbocycles. The first-order valence-corrected chi connectivity index (χ1v) is 26.0. The number of fused-ring (bicyclic) bond motifs is 5. The molecule has 23 heteroatoms. The quantitative estimate of drug-likeness (QED) is 0.0234. The van der Waals surface area contributed by atoms with Gasteiger partial charge in [-0.2, -0.15) is 0 Å². The second kappa shape index (κ2) is 24.0. The van der Waals surface area contributed by atoms with E-state index < -0.39 is 103 Å². The molecule has 4 atom stereocenters. The smallest absolute Gasteiger partial charge is 0.343 e. The van der Waals surface area contributed by atoms with Crippen LogP contribution in [-0.4, -0.2) is 130 Å². The van der Waals surface area contributed by atoms with Crippen molar-refractivity contribution in [1.82, 2.24) is 45.9 Å². The summed E-state index contributed by atoms with van der Waals surface area (Å²) in [6, 6.07) is 10.4. The van der Waals surface area contributed by atoms with E-state index in [0.717, 1.165) is 16.0 Å². The second-order valence-corrected chi connectivity index (χ2v) is 19.8. The van der Waals surface area contributed by atoms with Gasteiger partial charge in [0, 0.05) is 54.7 Å². The van der Waals surface area contributed by atoms with E-state index in [1.54, 1.807) is 27.0 Å². The van der Waals surface area contributed by atoms with Crippen molar-refractivity contribution >= 4 is 64.1 Å². The predicted molar refractivity (Wildman–Crippen MR) is 277 cm³/mol. The molecule has 0 fully saturated rings. The number of aliphatic hydroxyl groups is 1. The van der Waals surface area contributed by atoms with E-state index in [1.165, 1.54) is 34.6 Å². The van der Waals surface area contributed by atoms with Crippen LogP contribution in [0, 0.1) is 12.7 Å². The van der Waals surface area contributed by atoms with Crippen molar-refractivity contribution in [2.45, 2.75) is 115 Å². The molecule has 0 saturated carbocycles. The van der Waals surface area contributed by atoms with Gasteiger partial charge in [0.2, 0.25) is 29.5 Å². The number of likely N-dealkylation sites (N-methyl/N-ethyl adjacent to an activating group) is 1. The maximum atomic E-state index is 15.5. The highest BCUT2D eigenvalue weighted by Gasteiger charge is 2.46. The van der Waals surface area contributed by atoms with Crippen LogP contribution in [0.15, 0.2) is 59.4 Å². The Balaban J connectivity index is 0.833. The number of carbonyl (C=O) groups excluding carboxylic acids is 9. The van der Waals surface area contributed by atoms with Crippen LogP contribution in [0.3, 0.4) is 0 Å². The van der Waals surface area contributed by atoms with Crippen molar-refractivity contribution in [3.05, 3.63) is 110 Å². The normalized spacial score (nSPS) is 17.6. The van der Waals surface area contributed by atoms with Crippen molar-refractivity contribution in [3.63, 3.8) is 0 Å². The summed E-state index contributed by atoms with van der Waals surface area (Å²) < 4.78 is 28.0. The molecule has 78 heavy (non-hydrogen) atoms. The molecule has 412 valence electrons. The Hall–Kier alpha value is -8.18. The Bertz CT molecular complexity index is 3180. The fourth-order valence-electron chi connectivity index (χ4n) is 10.4. The third kappa shape index (κ3) is 11.9. The van der Waals surface area contributed by atoms with Gasteiger partial charge < -0.3 is 50.6 Å². The molecule has 2 aromatic heterocycles. The van der Waals surface area contributed by atoms with E-state index in [4.69, 9.17) is 14.5 Å². The van der Waals surface area contributed by atoms with E-state index >= 15 is 4.39 Å². The van der Waals surface area contributed by atoms with Crippen molar-refractivity contribution in [1.29, 1.82) is 0 Å². The van der Waals surface area contributed by atoms with Crippen LogP contribution in [0.4, 0.5) is 4.39 Å². The lowest BCUT2D eigenvalue weighted by atomic mass is 9.81. The number of benzene rings is 2. The maximum Gasteiger partial charge on any atom is 0.343 e. The lowest BCUT2D eigenvalue weighted by Gasteiger charge is -2.36. The molecule has 0 spiro atoms. The van der Waals surface area contributed by atoms with Crippen molar-refractivity contribution in [2.75, 3.05) is 40.0 Å². The van der Waals surface area contributed by atoms with E-state index in [2.05, 4.69) is 26.6 Å². The molecule has 8 rings (SSSR count). The summed E-state index contributed by atoms with van der Waals surface area (Å²) >= 11 is 0. The first-order valence-electron chi connectivity index (χ1n) is 26.0. The lowest BCUT2D eigenvalue weighted by molar-refractivity contribution is -0.172. The molecule has 4 aliphatic rings. The highest BCUT2D eigenvalue weighted by atomic mass is 19.1. The van der Waals surface area contributed by atoms with Gasteiger partial charge in [-0.25, -0.2) is 14.2 Å². The molecule has 6 N–H and O–H groups in total. The van der Waals surface area contributed by atoms with Crippen molar-refractivity contribution in [2.24, 2.45) is 0 Å². The van der Waals surface area contributed by atoms with Crippen LogP contribution in [0.5, 0.6) is 0 Å². The minimum absolute atomic E-state index is 0.0509. The standard InChI is InChI=1S/C55H62FN9O13/c1-5-55(76)36-22-41-50-34(27-65(41)53(74)35(36)28-77-54(55)75)49-40(18-16-33-30(2)37(56)23-39(62-50)48(33)49)63(4)52(73)31(3)78-29-60-44(68)25-59-51(72)38(17-15-32-12-8-6-9-13-32)61-45(69)26-58-43(67)24-57-42(66)14-10-7-11-21-64-46(70)19-20-47(64)71/h6,8-9,12-13,19-20,22-23,31,38,40,76H,5,7,10-11,14-18,21,24-29H2,1-4H3,(H,57,66)(H,58,67)(H,59,72)(H,60,68)(H,61,69)/t31-,38+,40+,55+/m1/s1. The molecular weight excluding hydrogens is 1010 g/mol. The minimum Gasteiger partial charge on any atom is -0.458 e. The van der Waals surface area contributed by atoms with E-state index in [1.807, 2.05) is 30.3 Å². The second-order valence-electron chi connectivity index (χ2n) is 19.8. The molecule has 0 unspecified atom stereocenters. The molecule has 22 nitrogen and oxygen atoms in total. The summed E-state index contributed by atoms with van der Waals surface area (Å²) in [7, 11) is 1.61. The van der Waals surface area contributed by atoms with E-state index in [-0.39, 0.29) is 61.9 Å². The largest absolute Gasteiger partial charge is 0.458 e. The van der Waals surface area contributed by atoms with E-state index in [9.17, 15) is 53.1 Å². The van der Waals surface area contributed by atoms with Crippen LogP contribution in [-0.2, 0) is 84.2 Å². The number of nitrogens with zero attached hydrogens (tertiary/aromatic N) is 4. The number of hydrogen-bond acceptors (Lipinski definition) is 14. The molecule has 0 bridgehead atoms. The average Bonchev–Trinajstić information content (AvgIpc) is 4.18. The van der Waals surface area contributed by atoms with Gasteiger partial charge in [0.15, 0.2) is 5.60 Å². The zero-order valence-corrected chi connectivity index (χ0v) is 43.8. The first-order chi connectivity index (χ1) is 37.3. The summed E-state index contributed by atoms with van der Waals surface area (Å²) in [4.78, 5) is 136. The van der Waals surface area contributed by atoms with Crippen LogP contribution in [0.25, 0.3) is 22.3 Å². The summed E-state index contributed by atoms with van der Waals surface area (Å²) in [5.74, 6) is -5.63. The van der Waals surface area contributed by atoms with Gasteiger partial charge in [-0.3, -0.25) is 48.1 Å². The monoisotopic (exact) mass is 1080 g/mol. The van der Waals surface area contributed by atoms with Crippen LogP contribution in [0.2, 0.25) is 0 Å². The van der Waals surface area contributed by atoms with Gasteiger partial charge in [-0.15, -0.1) is 0 Å². The fourth-order valence-corrected chi connectivity index (χ4v) is 10.4. The molecule has 0 saturated heterocycles. The van der Waals surface area contributed by atoms with Gasteiger partial charge in [0.05, 0.1) is 54.7 Å².